The van der Waals surface area contributed by atoms with E-state index >= 15 is 0 Å². The van der Waals surface area contributed by atoms with Crippen LogP contribution in [0.2, 0.25) is 0 Å². The van der Waals surface area contributed by atoms with Crippen molar-refractivity contribution in [2.75, 3.05) is 0 Å². The van der Waals surface area contributed by atoms with Crippen LogP contribution in [0.5, 0.6) is 5.75 Å². The monoisotopic (exact) mass is 190 g/mol. The number of carbonyl (C=O) groups is 1. The zero-order valence-electron chi connectivity index (χ0n) is 7.73. The molecule has 0 aliphatic heterocycles. The number of rotatable bonds is 1. The second kappa shape index (κ2) is 3.06. The zero-order valence-corrected chi connectivity index (χ0v) is 7.73. The van der Waals surface area contributed by atoms with Crippen LogP contribution in [0.1, 0.15) is 0 Å². The Balaban J connectivity index is 2.59. The number of nitrogens with two attached hydrogens (primary N) is 1. The summed E-state index contributed by atoms with van der Waals surface area (Å²) in [5.41, 5.74) is 5.96. The number of hydrogen-bond acceptors (Lipinski definition) is 2. The van der Waals surface area contributed by atoms with E-state index < -0.39 is 6.09 Å². The zero-order chi connectivity index (χ0) is 10.1. The largest absolute Gasteiger partial charge is 0.410 e. The van der Waals surface area contributed by atoms with Crippen molar-refractivity contribution >= 4 is 17.0 Å². The van der Waals surface area contributed by atoms with Crippen molar-refractivity contribution in [2.45, 2.75) is 0 Å². The third kappa shape index (κ3) is 1.31. The number of amides is 1. The molecule has 4 nitrogen and oxygen atoms in total. The van der Waals surface area contributed by atoms with E-state index in [-0.39, 0.29) is 0 Å². The lowest BCUT2D eigenvalue weighted by atomic mass is 10.2. The first-order valence-electron chi connectivity index (χ1n) is 4.20. The number of hydrogen-bond donors (Lipinski definition) is 1. The predicted octanol–water partition coefficient (Wildman–Crippen LogP) is 1.64. The number of primary amides is 1. The smallest absolute Gasteiger partial charge is 0.409 e. The highest BCUT2D eigenvalue weighted by Gasteiger charge is 2.06. The summed E-state index contributed by atoms with van der Waals surface area (Å²) in [4.78, 5) is 10.6. The minimum atomic E-state index is -0.790. The maximum Gasteiger partial charge on any atom is 0.409 e. The van der Waals surface area contributed by atoms with Gasteiger partial charge in [-0.1, -0.05) is 6.07 Å². The first kappa shape index (κ1) is 8.62. The van der Waals surface area contributed by atoms with Crippen LogP contribution in [0.25, 0.3) is 10.9 Å². The third-order valence-corrected chi connectivity index (χ3v) is 2.10. The van der Waals surface area contributed by atoms with Crippen molar-refractivity contribution in [3.05, 3.63) is 30.5 Å². The van der Waals surface area contributed by atoms with E-state index in [1.807, 2.05) is 36.0 Å². The SMILES string of the molecule is Cn1ccc2c(OC(N)=O)cccc21. The first-order valence-corrected chi connectivity index (χ1v) is 4.20. The first-order chi connectivity index (χ1) is 6.68. The van der Waals surface area contributed by atoms with Crippen LogP contribution in [0, 0.1) is 0 Å². The fraction of sp³-hybridized carbons (Fsp3) is 0.100. The summed E-state index contributed by atoms with van der Waals surface area (Å²) < 4.78 is 6.81. The summed E-state index contributed by atoms with van der Waals surface area (Å²) in [6.07, 6.45) is 1.11. The number of carbonyl (C=O) groups excluding carboxylic acids is 1. The molecule has 0 saturated carbocycles. The number of aryl methyl sites for hydroxylation is 1. The molecular weight excluding hydrogens is 180 g/mol. The Morgan fingerprint density at radius 1 is 1.43 bits per heavy atom. The molecule has 1 heterocycles. The van der Waals surface area contributed by atoms with E-state index in [4.69, 9.17) is 10.5 Å². The molecule has 2 rings (SSSR count). The van der Waals surface area contributed by atoms with Gasteiger partial charge in [0.2, 0.25) is 0 Å². The summed E-state index contributed by atoms with van der Waals surface area (Å²) in [7, 11) is 1.93. The molecule has 1 amide bonds. The molecule has 2 aromatic rings. The van der Waals surface area contributed by atoms with Crippen molar-refractivity contribution < 1.29 is 9.53 Å². The van der Waals surface area contributed by atoms with E-state index in [0.717, 1.165) is 10.9 Å². The second-order valence-electron chi connectivity index (χ2n) is 3.04. The van der Waals surface area contributed by atoms with Gasteiger partial charge in [-0.15, -0.1) is 0 Å². The lowest BCUT2D eigenvalue weighted by molar-refractivity contribution is 0.211. The Labute approximate surface area is 80.9 Å². The van der Waals surface area contributed by atoms with Crippen molar-refractivity contribution in [1.82, 2.24) is 4.57 Å². The average Bonchev–Trinajstić information content (AvgIpc) is 2.49. The second-order valence-corrected chi connectivity index (χ2v) is 3.04. The summed E-state index contributed by atoms with van der Waals surface area (Å²) in [5, 5.41) is 0.883. The van der Waals surface area contributed by atoms with Crippen LogP contribution in [-0.2, 0) is 7.05 Å². The molecule has 0 aliphatic rings. The molecule has 0 fully saturated rings. The van der Waals surface area contributed by atoms with E-state index in [2.05, 4.69) is 0 Å². The van der Waals surface area contributed by atoms with Crippen molar-refractivity contribution in [3.63, 3.8) is 0 Å². The number of nitrogens with zero attached hydrogens (tertiary/aromatic N) is 1. The van der Waals surface area contributed by atoms with Gasteiger partial charge < -0.3 is 15.0 Å². The Morgan fingerprint density at radius 2 is 2.21 bits per heavy atom. The van der Waals surface area contributed by atoms with Crippen LogP contribution in [0.15, 0.2) is 30.5 Å². The van der Waals surface area contributed by atoms with Crippen LogP contribution in [-0.4, -0.2) is 10.7 Å². The minimum Gasteiger partial charge on any atom is -0.410 e. The minimum absolute atomic E-state index is 0.496. The Kier molecular flexibility index (Phi) is 1.89. The van der Waals surface area contributed by atoms with Crippen molar-refractivity contribution in [1.29, 1.82) is 0 Å². The van der Waals surface area contributed by atoms with Gasteiger partial charge in [-0.25, -0.2) is 4.79 Å². The number of aromatic nitrogens is 1. The summed E-state index contributed by atoms with van der Waals surface area (Å²) in [6.45, 7) is 0. The number of ether oxygens (including phenoxy) is 1. The van der Waals surface area contributed by atoms with Gasteiger partial charge in [0.1, 0.15) is 5.75 Å². The molecule has 0 radical (unpaired) electrons. The summed E-state index contributed by atoms with van der Waals surface area (Å²) in [5.74, 6) is 0.496. The van der Waals surface area contributed by atoms with Gasteiger partial charge in [0.05, 0.1) is 5.52 Å². The molecule has 0 saturated heterocycles. The Hall–Kier alpha value is -1.97. The quantitative estimate of drug-likeness (QED) is 0.743. The van der Waals surface area contributed by atoms with E-state index in [9.17, 15) is 4.79 Å². The predicted molar refractivity (Wildman–Crippen MR) is 53.1 cm³/mol. The molecule has 14 heavy (non-hydrogen) atoms. The van der Waals surface area contributed by atoms with Gasteiger partial charge in [-0.2, -0.15) is 0 Å². The molecule has 4 heteroatoms. The lowest BCUT2D eigenvalue weighted by Crippen LogP contribution is -2.16. The van der Waals surface area contributed by atoms with E-state index in [1.54, 1.807) is 6.07 Å². The van der Waals surface area contributed by atoms with E-state index in [1.165, 1.54) is 0 Å². The molecule has 0 atom stereocenters. The normalized spacial score (nSPS) is 10.4. The Morgan fingerprint density at radius 3 is 2.93 bits per heavy atom. The van der Waals surface area contributed by atoms with Gasteiger partial charge in [-0.05, 0) is 18.2 Å². The lowest BCUT2D eigenvalue weighted by Gasteiger charge is -2.02. The number of benzene rings is 1. The highest BCUT2D eigenvalue weighted by molar-refractivity contribution is 5.88. The van der Waals surface area contributed by atoms with Gasteiger partial charge in [-0.3, -0.25) is 0 Å². The van der Waals surface area contributed by atoms with Crippen molar-refractivity contribution in [3.8, 4) is 5.75 Å². The highest BCUT2D eigenvalue weighted by atomic mass is 16.5. The maximum atomic E-state index is 10.6. The fourth-order valence-corrected chi connectivity index (χ4v) is 1.47. The summed E-state index contributed by atoms with van der Waals surface area (Å²) >= 11 is 0. The maximum absolute atomic E-state index is 10.6. The standard InChI is InChI=1S/C10H10N2O2/c1-12-6-5-7-8(12)3-2-4-9(7)14-10(11)13/h2-6H,1H3,(H2,11,13). The van der Waals surface area contributed by atoms with Crippen molar-refractivity contribution in [2.24, 2.45) is 12.8 Å². The van der Waals surface area contributed by atoms with Crippen LogP contribution >= 0.6 is 0 Å². The van der Waals surface area contributed by atoms with Gasteiger partial charge >= 0.3 is 6.09 Å². The molecule has 1 aromatic carbocycles. The number of fused-ring (bicyclic) bond motifs is 1. The van der Waals surface area contributed by atoms with Gasteiger partial charge in [0, 0.05) is 18.6 Å². The van der Waals surface area contributed by atoms with Gasteiger partial charge in [0.25, 0.3) is 0 Å². The topological polar surface area (TPSA) is 57.2 Å². The molecule has 2 N–H and O–H groups in total. The molecule has 0 spiro atoms. The van der Waals surface area contributed by atoms with E-state index in [0.29, 0.717) is 5.75 Å². The van der Waals surface area contributed by atoms with Crippen LogP contribution in [0.3, 0.4) is 0 Å². The molecule has 72 valence electrons. The molecule has 0 aliphatic carbocycles. The average molecular weight is 190 g/mol. The Bertz CT molecular complexity index is 488. The summed E-state index contributed by atoms with van der Waals surface area (Å²) in [6, 6.07) is 7.37. The molecule has 0 unspecified atom stereocenters. The van der Waals surface area contributed by atoms with Crippen LogP contribution in [0.4, 0.5) is 4.79 Å². The molecular formula is C10H10N2O2. The molecule has 1 aromatic heterocycles. The third-order valence-electron chi connectivity index (χ3n) is 2.10. The molecule has 0 bridgehead atoms. The fourth-order valence-electron chi connectivity index (χ4n) is 1.47. The van der Waals surface area contributed by atoms with Crippen LogP contribution < -0.4 is 10.5 Å². The van der Waals surface area contributed by atoms with Gasteiger partial charge in [0.15, 0.2) is 0 Å². The highest BCUT2D eigenvalue weighted by Crippen LogP contribution is 2.25.